The Bertz CT molecular complexity index is 626. The molecule has 0 aliphatic heterocycles. The first kappa shape index (κ1) is 14.2. The van der Waals surface area contributed by atoms with E-state index in [0.29, 0.717) is 11.3 Å². The number of aryl methyl sites for hydroxylation is 1. The Hall–Kier alpha value is -2.22. The summed E-state index contributed by atoms with van der Waals surface area (Å²) >= 11 is 1.57. The first-order valence-corrected chi connectivity index (χ1v) is 6.76. The Morgan fingerprint density at radius 2 is 2.35 bits per heavy atom. The van der Waals surface area contributed by atoms with Crippen molar-refractivity contribution in [2.75, 3.05) is 7.11 Å². The van der Waals surface area contributed by atoms with Crippen LogP contribution in [0.1, 0.15) is 11.1 Å². The van der Waals surface area contributed by atoms with Gasteiger partial charge in [0.25, 0.3) is 0 Å². The summed E-state index contributed by atoms with van der Waals surface area (Å²) < 4.78 is 6.97. The standard InChI is InChI=1S/C12H15N5O2S/c1-17-12(14-7-15-17)20-6-8-3-4-9(11(13)16-18)10(5-8)19-2/h3-5,7,18H,6H2,1-2H3,(H2,13,16). The van der Waals surface area contributed by atoms with Crippen molar-refractivity contribution in [2.45, 2.75) is 10.9 Å². The minimum atomic E-state index is 0.0226. The highest BCUT2D eigenvalue weighted by molar-refractivity contribution is 7.98. The van der Waals surface area contributed by atoms with Crippen LogP contribution < -0.4 is 10.5 Å². The maximum absolute atomic E-state index is 8.72. The lowest BCUT2D eigenvalue weighted by Gasteiger charge is -2.09. The summed E-state index contributed by atoms with van der Waals surface area (Å²) in [6, 6.07) is 5.52. The molecule has 0 spiro atoms. The average molecular weight is 293 g/mol. The van der Waals surface area contributed by atoms with Gasteiger partial charge in [-0.05, 0) is 17.7 Å². The van der Waals surface area contributed by atoms with E-state index in [2.05, 4.69) is 15.2 Å². The summed E-state index contributed by atoms with van der Waals surface area (Å²) in [6.07, 6.45) is 1.52. The summed E-state index contributed by atoms with van der Waals surface area (Å²) in [5.74, 6) is 1.31. The number of aromatic nitrogens is 3. The molecule has 0 saturated heterocycles. The number of benzene rings is 1. The molecule has 1 aromatic carbocycles. The molecule has 0 aliphatic carbocycles. The average Bonchev–Trinajstić information content (AvgIpc) is 2.89. The van der Waals surface area contributed by atoms with Crippen LogP contribution in [-0.2, 0) is 12.8 Å². The van der Waals surface area contributed by atoms with Gasteiger partial charge in [-0.15, -0.1) is 0 Å². The van der Waals surface area contributed by atoms with Crippen molar-refractivity contribution in [1.82, 2.24) is 14.8 Å². The maximum atomic E-state index is 8.72. The molecule has 3 N–H and O–H groups in total. The number of nitrogens with zero attached hydrogens (tertiary/aromatic N) is 4. The Morgan fingerprint density at radius 1 is 1.55 bits per heavy atom. The largest absolute Gasteiger partial charge is 0.496 e. The third-order valence-electron chi connectivity index (χ3n) is 2.69. The highest BCUT2D eigenvalue weighted by atomic mass is 32.2. The fourth-order valence-corrected chi connectivity index (χ4v) is 2.49. The fourth-order valence-electron chi connectivity index (χ4n) is 1.66. The number of oxime groups is 1. The van der Waals surface area contributed by atoms with E-state index in [-0.39, 0.29) is 5.84 Å². The van der Waals surface area contributed by atoms with Crippen molar-refractivity contribution in [3.63, 3.8) is 0 Å². The highest BCUT2D eigenvalue weighted by Crippen LogP contribution is 2.25. The van der Waals surface area contributed by atoms with Crippen molar-refractivity contribution in [2.24, 2.45) is 17.9 Å². The summed E-state index contributed by atoms with van der Waals surface area (Å²) in [4.78, 5) is 4.14. The van der Waals surface area contributed by atoms with Gasteiger partial charge in [0.05, 0.1) is 12.7 Å². The lowest BCUT2D eigenvalue weighted by atomic mass is 10.1. The molecule has 0 aliphatic rings. The first-order valence-electron chi connectivity index (χ1n) is 5.77. The quantitative estimate of drug-likeness (QED) is 0.283. The van der Waals surface area contributed by atoms with Gasteiger partial charge in [0.2, 0.25) is 0 Å². The van der Waals surface area contributed by atoms with E-state index >= 15 is 0 Å². The van der Waals surface area contributed by atoms with Crippen molar-refractivity contribution in [3.05, 3.63) is 35.7 Å². The molecule has 0 saturated carbocycles. The molecule has 0 unspecified atom stereocenters. The Labute approximate surface area is 120 Å². The molecule has 0 amide bonds. The second-order valence-electron chi connectivity index (χ2n) is 3.97. The zero-order valence-electron chi connectivity index (χ0n) is 11.1. The number of nitrogens with two attached hydrogens (primary N) is 1. The van der Waals surface area contributed by atoms with Gasteiger partial charge >= 0.3 is 0 Å². The molecule has 0 fully saturated rings. The number of methoxy groups -OCH3 is 1. The van der Waals surface area contributed by atoms with Gasteiger partial charge in [0, 0.05) is 12.8 Å². The van der Waals surface area contributed by atoms with Crippen molar-refractivity contribution in [3.8, 4) is 5.75 Å². The first-order chi connectivity index (χ1) is 9.65. The van der Waals surface area contributed by atoms with Crippen LogP contribution in [0.3, 0.4) is 0 Å². The van der Waals surface area contributed by atoms with E-state index in [0.717, 1.165) is 16.5 Å². The number of hydrogen-bond acceptors (Lipinski definition) is 6. The highest BCUT2D eigenvalue weighted by Gasteiger charge is 2.09. The minimum Gasteiger partial charge on any atom is -0.496 e. The molecule has 106 valence electrons. The molecule has 2 aromatic rings. The summed E-state index contributed by atoms with van der Waals surface area (Å²) in [5.41, 5.74) is 7.19. The van der Waals surface area contributed by atoms with Gasteiger partial charge in [-0.3, -0.25) is 0 Å². The second-order valence-corrected chi connectivity index (χ2v) is 4.92. The van der Waals surface area contributed by atoms with Gasteiger partial charge in [-0.1, -0.05) is 23.0 Å². The van der Waals surface area contributed by atoms with Gasteiger partial charge < -0.3 is 15.7 Å². The molecule has 7 nitrogen and oxygen atoms in total. The zero-order valence-corrected chi connectivity index (χ0v) is 12.0. The molecule has 1 heterocycles. The van der Waals surface area contributed by atoms with Crippen LogP contribution in [0.15, 0.2) is 34.8 Å². The monoisotopic (exact) mass is 293 g/mol. The van der Waals surface area contributed by atoms with Crippen LogP contribution in [0.4, 0.5) is 0 Å². The number of thioether (sulfide) groups is 1. The molecular formula is C12H15N5O2S. The second kappa shape index (κ2) is 6.29. The Morgan fingerprint density at radius 3 is 2.95 bits per heavy atom. The topological polar surface area (TPSA) is 98.6 Å². The molecule has 8 heteroatoms. The normalized spacial score (nSPS) is 11.6. The molecular weight excluding hydrogens is 278 g/mol. The van der Waals surface area contributed by atoms with E-state index in [4.69, 9.17) is 15.7 Å². The third-order valence-corrected chi connectivity index (χ3v) is 3.79. The number of hydrogen-bond donors (Lipinski definition) is 2. The zero-order chi connectivity index (χ0) is 14.5. The van der Waals surface area contributed by atoms with E-state index < -0.39 is 0 Å². The van der Waals surface area contributed by atoms with Crippen LogP contribution in [0.5, 0.6) is 5.75 Å². The number of rotatable bonds is 5. The van der Waals surface area contributed by atoms with Crippen molar-refractivity contribution >= 4 is 17.6 Å². The van der Waals surface area contributed by atoms with Gasteiger partial charge in [-0.2, -0.15) is 5.10 Å². The Balaban J connectivity index is 2.16. The van der Waals surface area contributed by atoms with Crippen molar-refractivity contribution < 1.29 is 9.94 Å². The van der Waals surface area contributed by atoms with Crippen molar-refractivity contribution in [1.29, 1.82) is 0 Å². The number of ether oxygens (including phenoxy) is 1. The third kappa shape index (κ3) is 3.02. The predicted molar refractivity (Wildman–Crippen MR) is 76.1 cm³/mol. The SMILES string of the molecule is COc1cc(CSc2ncnn2C)ccc1/C(N)=N/O. The van der Waals surface area contributed by atoms with Crippen LogP contribution >= 0.6 is 11.8 Å². The molecule has 2 rings (SSSR count). The molecule has 0 bridgehead atoms. The smallest absolute Gasteiger partial charge is 0.186 e. The van der Waals surface area contributed by atoms with Crippen LogP contribution in [-0.4, -0.2) is 32.9 Å². The predicted octanol–water partition coefficient (Wildman–Crippen LogP) is 1.21. The molecule has 0 atom stereocenters. The van der Waals surface area contributed by atoms with E-state index in [1.165, 1.54) is 6.33 Å². The Kier molecular flexibility index (Phi) is 4.46. The molecule has 0 radical (unpaired) electrons. The maximum Gasteiger partial charge on any atom is 0.186 e. The number of amidine groups is 1. The minimum absolute atomic E-state index is 0.0226. The fraction of sp³-hybridized carbons (Fsp3) is 0.250. The summed E-state index contributed by atoms with van der Waals surface area (Å²) in [5, 5.41) is 16.6. The van der Waals surface area contributed by atoms with Gasteiger partial charge in [0.1, 0.15) is 12.1 Å². The lowest BCUT2D eigenvalue weighted by molar-refractivity contribution is 0.318. The van der Waals surface area contributed by atoms with Crippen LogP contribution in [0.2, 0.25) is 0 Å². The van der Waals surface area contributed by atoms with E-state index in [1.807, 2.05) is 19.2 Å². The summed E-state index contributed by atoms with van der Waals surface area (Å²) in [7, 11) is 3.39. The molecule has 1 aromatic heterocycles. The molecule has 20 heavy (non-hydrogen) atoms. The van der Waals surface area contributed by atoms with Gasteiger partial charge in [-0.25, -0.2) is 9.67 Å². The summed E-state index contributed by atoms with van der Waals surface area (Å²) in [6.45, 7) is 0. The van der Waals surface area contributed by atoms with E-state index in [9.17, 15) is 0 Å². The van der Waals surface area contributed by atoms with E-state index in [1.54, 1.807) is 29.6 Å². The van der Waals surface area contributed by atoms with Crippen LogP contribution in [0, 0.1) is 0 Å². The lowest BCUT2D eigenvalue weighted by Crippen LogP contribution is -2.14. The van der Waals surface area contributed by atoms with Gasteiger partial charge in [0.15, 0.2) is 11.0 Å². The van der Waals surface area contributed by atoms with Crippen LogP contribution in [0.25, 0.3) is 0 Å².